The number of hydrogen-bond donors (Lipinski definition) is 1. The van der Waals surface area contributed by atoms with Crippen LogP contribution in [0.1, 0.15) is 35.6 Å². The lowest BCUT2D eigenvalue weighted by atomic mass is 10.2. The van der Waals surface area contributed by atoms with E-state index < -0.39 is 5.82 Å². The number of carbonyl (C=O) groups is 1. The van der Waals surface area contributed by atoms with Gasteiger partial charge in [-0.25, -0.2) is 4.39 Å². The number of benzene rings is 1. The normalized spacial score (nSPS) is 11.1. The summed E-state index contributed by atoms with van der Waals surface area (Å²) >= 11 is 6.14. The summed E-state index contributed by atoms with van der Waals surface area (Å²) in [4.78, 5) is 16.6. The minimum absolute atomic E-state index is 0.109. The van der Waals surface area contributed by atoms with Crippen molar-refractivity contribution in [3.05, 3.63) is 52.1 Å². The predicted octanol–water partition coefficient (Wildman–Crippen LogP) is 3.49. The number of rotatable bonds is 8. The quantitative estimate of drug-likeness (QED) is 0.778. The molecule has 1 N–H and O–H groups in total. The Morgan fingerprint density at radius 1 is 1.28 bits per heavy atom. The molecule has 0 saturated carbocycles. The number of nitrogens with zero attached hydrogens (tertiary/aromatic N) is 3. The highest BCUT2D eigenvalue weighted by molar-refractivity contribution is 6.31. The third kappa shape index (κ3) is 5.03. The molecule has 1 aromatic heterocycles. The van der Waals surface area contributed by atoms with Gasteiger partial charge in [-0.15, -0.1) is 0 Å². The summed E-state index contributed by atoms with van der Waals surface area (Å²) in [6.45, 7) is 9.03. The van der Waals surface area contributed by atoms with Crippen LogP contribution in [0.25, 0.3) is 0 Å². The summed E-state index contributed by atoms with van der Waals surface area (Å²) in [7, 11) is 0. The van der Waals surface area contributed by atoms with Crippen LogP contribution in [0.15, 0.2) is 24.3 Å². The van der Waals surface area contributed by atoms with Crippen molar-refractivity contribution in [2.75, 3.05) is 26.2 Å². The first-order valence-electron chi connectivity index (χ1n) is 8.42. The molecule has 0 saturated heterocycles. The first-order valence-corrected chi connectivity index (χ1v) is 8.80. The highest BCUT2D eigenvalue weighted by Gasteiger charge is 2.21. The van der Waals surface area contributed by atoms with E-state index in [1.54, 1.807) is 23.1 Å². The van der Waals surface area contributed by atoms with Gasteiger partial charge in [-0.3, -0.25) is 9.89 Å². The zero-order valence-corrected chi connectivity index (χ0v) is 15.6. The molecule has 1 heterocycles. The van der Waals surface area contributed by atoms with Gasteiger partial charge in [0.05, 0.1) is 6.54 Å². The minimum Gasteiger partial charge on any atom is -0.331 e. The number of amides is 1. The van der Waals surface area contributed by atoms with E-state index in [9.17, 15) is 9.18 Å². The molecule has 0 fully saturated rings. The van der Waals surface area contributed by atoms with Gasteiger partial charge in [-0.2, -0.15) is 5.10 Å². The van der Waals surface area contributed by atoms with Gasteiger partial charge in [0, 0.05) is 29.4 Å². The van der Waals surface area contributed by atoms with Gasteiger partial charge < -0.3 is 9.80 Å². The summed E-state index contributed by atoms with van der Waals surface area (Å²) in [5.74, 6) is -0.651. The van der Waals surface area contributed by atoms with Crippen molar-refractivity contribution < 1.29 is 9.18 Å². The second-order valence-corrected chi connectivity index (χ2v) is 6.30. The van der Waals surface area contributed by atoms with Gasteiger partial charge in [0.25, 0.3) is 5.91 Å². The molecule has 0 bridgehead atoms. The van der Waals surface area contributed by atoms with E-state index in [1.165, 1.54) is 6.07 Å². The third-order valence-electron chi connectivity index (χ3n) is 4.20. The van der Waals surface area contributed by atoms with E-state index in [0.717, 1.165) is 18.8 Å². The molecule has 1 amide bonds. The summed E-state index contributed by atoms with van der Waals surface area (Å²) in [5, 5.41) is 7.12. The average Bonchev–Trinajstić information content (AvgIpc) is 3.03. The Bertz CT molecular complexity index is 695. The Morgan fingerprint density at radius 3 is 2.56 bits per heavy atom. The molecule has 0 unspecified atom stereocenters. The van der Waals surface area contributed by atoms with Crippen LogP contribution in [0, 0.1) is 12.7 Å². The first kappa shape index (κ1) is 19.4. The second-order valence-electron chi connectivity index (χ2n) is 5.89. The number of hydrogen-bond acceptors (Lipinski definition) is 3. The Morgan fingerprint density at radius 2 is 2.00 bits per heavy atom. The zero-order chi connectivity index (χ0) is 18.4. The van der Waals surface area contributed by atoms with Crippen LogP contribution in [-0.2, 0) is 6.54 Å². The molecule has 0 aliphatic carbocycles. The Labute approximate surface area is 152 Å². The minimum atomic E-state index is -0.411. The molecular formula is C18H24ClFN4O. The number of aromatic nitrogens is 2. The van der Waals surface area contributed by atoms with Crippen LogP contribution in [0.3, 0.4) is 0 Å². The highest BCUT2D eigenvalue weighted by Crippen LogP contribution is 2.21. The number of aryl methyl sites for hydroxylation is 1. The fourth-order valence-electron chi connectivity index (χ4n) is 2.62. The Hall–Kier alpha value is -1.92. The van der Waals surface area contributed by atoms with Gasteiger partial charge in [0.1, 0.15) is 11.5 Å². The van der Waals surface area contributed by atoms with E-state index in [0.29, 0.717) is 29.4 Å². The summed E-state index contributed by atoms with van der Waals surface area (Å²) < 4.78 is 14.2. The van der Waals surface area contributed by atoms with Crippen LogP contribution >= 0.6 is 11.6 Å². The van der Waals surface area contributed by atoms with Crippen molar-refractivity contribution in [2.24, 2.45) is 0 Å². The van der Waals surface area contributed by atoms with Crippen LogP contribution < -0.4 is 0 Å². The van der Waals surface area contributed by atoms with Crippen molar-refractivity contribution in [2.45, 2.75) is 27.3 Å². The number of likely N-dealkylation sites (N-methyl/N-ethyl adjacent to an activating group) is 1. The highest BCUT2D eigenvalue weighted by atomic mass is 35.5. The summed E-state index contributed by atoms with van der Waals surface area (Å²) in [6, 6.07) is 6.23. The van der Waals surface area contributed by atoms with E-state index in [-0.39, 0.29) is 12.5 Å². The van der Waals surface area contributed by atoms with Crippen LogP contribution in [0.5, 0.6) is 0 Å². The van der Waals surface area contributed by atoms with Gasteiger partial charge in [-0.1, -0.05) is 31.5 Å². The third-order valence-corrected chi connectivity index (χ3v) is 4.56. The second kappa shape index (κ2) is 8.97. The number of carbonyl (C=O) groups excluding carboxylic acids is 1. The standard InChI is InChI=1S/C18H24ClFN4O/c1-4-23(5-2)9-10-24(18(25)17-11-13(3)21-22-17)12-14-15(19)7-6-8-16(14)20/h6-8,11H,4-5,9-10,12H2,1-3H3,(H,21,22). The lowest BCUT2D eigenvalue weighted by Crippen LogP contribution is -2.38. The van der Waals surface area contributed by atoms with Crippen molar-refractivity contribution in [3.8, 4) is 0 Å². The molecule has 0 aliphatic heterocycles. The van der Waals surface area contributed by atoms with Gasteiger partial charge in [-0.05, 0) is 38.2 Å². The molecule has 0 spiro atoms. The van der Waals surface area contributed by atoms with Crippen LogP contribution in [0.2, 0.25) is 5.02 Å². The molecule has 2 aromatic rings. The lowest BCUT2D eigenvalue weighted by Gasteiger charge is -2.26. The van der Waals surface area contributed by atoms with Gasteiger partial charge >= 0.3 is 0 Å². The summed E-state index contributed by atoms with van der Waals surface area (Å²) in [5.41, 5.74) is 1.45. The van der Waals surface area contributed by atoms with Crippen molar-refractivity contribution in [1.82, 2.24) is 20.0 Å². The topological polar surface area (TPSA) is 52.2 Å². The molecule has 2 rings (SSSR count). The predicted molar refractivity (Wildman–Crippen MR) is 97.3 cm³/mol. The fraction of sp³-hybridized carbons (Fsp3) is 0.444. The number of aromatic amines is 1. The van der Waals surface area contributed by atoms with Crippen molar-refractivity contribution >= 4 is 17.5 Å². The molecule has 0 atom stereocenters. The SMILES string of the molecule is CCN(CC)CCN(Cc1c(F)cccc1Cl)C(=O)c1cc(C)[nH]n1. The van der Waals surface area contributed by atoms with E-state index in [4.69, 9.17) is 11.6 Å². The number of H-pyrrole nitrogens is 1. The van der Waals surface area contributed by atoms with E-state index in [1.807, 2.05) is 6.92 Å². The van der Waals surface area contributed by atoms with Crippen molar-refractivity contribution in [3.63, 3.8) is 0 Å². The summed E-state index contributed by atoms with van der Waals surface area (Å²) in [6.07, 6.45) is 0. The van der Waals surface area contributed by atoms with E-state index >= 15 is 0 Å². The maximum atomic E-state index is 14.2. The van der Waals surface area contributed by atoms with Gasteiger partial charge in [0.15, 0.2) is 0 Å². The average molecular weight is 367 g/mol. The molecular weight excluding hydrogens is 343 g/mol. The Balaban J connectivity index is 2.23. The van der Waals surface area contributed by atoms with Crippen LogP contribution in [-0.4, -0.2) is 52.1 Å². The molecule has 5 nitrogen and oxygen atoms in total. The molecule has 7 heteroatoms. The number of halogens is 2. The number of nitrogens with one attached hydrogen (secondary N) is 1. The Kier molecular flexibility index (Phi) is 6.96. The molecule has 136 valence electrons. The van der Waals surface area contributed by atoms with Crippen LogP contribution in [0.4, 0.5) is 4.39 Å². The lowest BCUT2D eigenvalue weighted by molar-refractivity contribution is 0.0716. The fourth-order valence-corrected chi connectivity index (χ4v) is 2.84. The van der Waals surface area contributed by atoms with E-state index in [2.05, 4.69) is 28.9 Å². The maximum absolute atomic E-state index is 14.2. The molecule has 0 aliphatic rings. The molecule has 1 aromatic carbocycles. The smallest absolute Gasteiger partial charge is 0.274 e. The first-order chi connectivity index (χ1) is 12.0. The maximum Gasteiger partial charge on any atom is 0.274 e. The largest absolute Gasteiger partial charge is 0.331 e. The van der Waals surface area contributed by atoms with Crippen molar-refractivity contribution in [1.29, 1.82) is 0 Å². The molecule has 25 heavy (non-hydrogen) atoms. The molecule has 0 radical (unpaired) electrons. The van der Waals surface area contributed by atoms with Gasteiger partial charge in [0.2, 0.25) is 0 Å². The monoisotopic (exact) mass is 366 g/mol. The zero-order valence-electron chi connectivity index (χ0n) is 14.9.